The summed E-state index contributed by atoms with van der Waals surface area (Å²) in [5, 5.41) is -0.116. The average molecular weight is 321 g/mol. The van der Waals surface area contributed by atoms with E-state index in [1.165, 1.54) is 9.13 Å². The van der Waals surface area contributed by atoms with Gasteiger partial charge in [-0.25, -0.2) is 0 Å². The molecule has 0 aliphatic rings. The Balaban J connectivity index is 2.46. The predicted octanol–water partition coefficient (Wildman–Crippen LogP) is 2.40. The van der Waals surface area contributed by atoms with Crippen molar-refractivity contribution in [2.45, 2.75) is 17.9 Å². The van der Waals surface area contributed by atoms with Crippen LogP contribution in [0.25, 0.3) is 0 Å². The van der Waals surface area contributed by atoms with E-state index in [-0.39, 0.29) is 11.2 Å². The molecule has 1 rings (SSSR count). The number of primary amides is 1. The quantitative estimate of drug-likeness (QED) is 0.866. The Hall–Kier alpha value is -0.230. The SMILES string of the molecule is CC(SCc1ccc(I)cc1)C(N)=O. The molecule has 1 aromatic rings. The number of halogens is 1. The number of hydrogen-bond donors (Lipinski definition) is 1. The van der Waals surface area contributed by atoms with E-state index in [2.05, 4.69) is 46.9 Å². The van der Waals surface area contributed by atoms with E-state index in [4.69, 9.17) is 5.73 Å². The van der Waals surface area contributed by atoms with Crippen molar-refractivity contribution in [2.24, 2.45) is 5.73 Å². The molecule has 1 aromatic carbocycles. The maximum atomic E-state index is 10.8. The molecule has 0 heterocycles. The Bertz CT molecular complexity index is 312. The van der Waals surface area contributed by atoms with Gasteiger partial charge in [0.2, 0.25) is 5.91 Å². The van der Waals surface area contributed by atoms with Crippen molar-refractivity contribution in [3.05, 3.63) is 33.4 Å². The molecule has 2 N–H and O–H groups in total. The minimum Gasteiger partial charge on any atom is -0.369 e. The summed E-state index contributed by atoms with van der Waals surface area (Å²) < 4.78 is 1.22. The fourth-order valence-corrected chi connectivity index (χ4v) is 2.04. The highest BCUT2D eigenvalue weighted by molar-refractivity contribution is 14.1. The molecule has 0 fully saturated rings. The molecule has 1 unspecified atom stereocenters. The molecule has 4 heteroatoms. The fraction of sp³-hybridized carbons (Fsp3) is 0.300. The summed E-state index contributed by atoms with van der Waals surface area (Å²) >= 11 is 3.83. The number of rotatable bonds is 4. The van der Waals surface area contributed by atoms with Crippen LogP contribution >= 0.6 is 34.4 Å². The second-order valence-corrected chi connectivity index (χ2v) is 5.56. The van der Waals surface area contributed by atoms with Crippen LogP contribution in [0.2, 0.25) is 0 Å². The van der Waals surface area contributed by atoms with Gasteiger partial charge in [-0.15, -0.1) is 11.8 Å². The van der Waals surface area contributed by atoms with Crippen LogP contribution in [0.4, 0.5) is 0 Å². The zero-order valence-corrected chi connectivity index (χ0v) is 10.8. The summed E-state index contributed by atoms with van der Waals surface area (Å²) in [5.74, 6) is 0.585. The molecule has 0 saturated carbocycles. The van der Waals surface area contributed by atoms with Crippen molar-refractivity contribution in [1.82, 2.24) is 0 Å². The third-order valence-electron chi connectivity index (χ3n) is 1.81. The Kier molecular flexibility index (Phi) is 4.74. The van der Waals surface area contributed by atoms with Crippen molar-refractivity contribution >= 4 is 40.3 Å². The van der Waals surface area contributed by atoms with Gasteiger partial charge >= 0.3 is 0 Å². The van der Waals surface area contributed by atoms with Crippen molar-refractivity contribution in [2.75, 3.05) is 0 Å². The summed E-state index contributed by atoms with van der Waals surface area (Å²) in [6, 6.07) is 8.27. The Morgan fingerprint density at radius 2 is 2.07 bits per heavy atom. The number of carbonyl (C=O) groups is 1. The first-order valence-corrected chi connectivity index (χ1v) is 6.37. The number of benzene rings is 1. The van der Waals surface area contributed by atoms with Gasteiger partial charge in [0.25, 0.3) is 0 Å². The highest BCUT2D eigenvalue weighted by Crippen LogP contribution is 2.18. The third-order valence-corrected chi connectivity index (χ3v) is 3.77. The normalized spacial score (nSPS) is 12.4. The Labute approximate surface area is 102 Å². The van der Waals surface area contributed by atoms with E-state index in [9.17, 15) is 4.79 Å². The first-order chi connectivity index (χ1) is 6.59. The van der Waals surface area contributed by atoms with Gasteiger partial charge in [0.1, 0.15) is 0 Å². The van der Waals surface area contributed by atoms with Gasteiger partial charge < -0.3 is 5.73 Å². The molecule has 14 heavy (non-hydrogen) atoms. The predicted molar refractivity (Wildman–Crippen MR) is 69.1 cm³/mol. The van der Waals surface area contributed by atoms with Crippen LogP contribution in [-0.4, -0.2) is 11.2 Å². The molecule has 0 bridgehead atoms. The highest BCUT2D eigenvalue weighted by atomic mass is 127. The average Bonchev–Trinajstić information content (AvgIpc) is 2.16. The molecular weight excluding hydrogens is 309 g/mol. The lowest BCUT2D eigenvalue weighted by molar-refractivity contribution is -0.117. The standard InChI is InChI=1S/C10H12INOS/c1-7(10(12)13)14-6-8-2-4-9(11)5-3-8/h2-5,7H,6H2,1H3,(H2,12,13). The van der Waals surface area contributed by atoms with Crippen molar-refractivity contribution in [1.29, 1.82) is 0 Å². The van der Waals surface area contributed by atoms with Crippen LogP contribution in [0.1, 0.15) is 12.5 Å². The Morgan fingerprint density at radius 1 is 1.50 bits per heavy atom. The van der Waals surface area contributed by atoms with Gasteiger partial charge in [0.05, 0.1) is 5.25 Å². The van der Waals surface area contributed by atoms with Gasteiger partial charge in [0, 0.05) is 9.32 Å². The number of amides is 1. The fourth-order valence-electron chi connectivity index (χ4n) is 0.884. The van der Waals surface area contributed by atoms with Crippen LogP contribution < -0.4 is 5.73 Å². The third kappa shape index (κ3) is 3.88. The maximum Gasteiger partial charge on any atom is 0.230 e. The molecule has 0 aromatic heterocycles. The molecular formula is C10H12INOS. The van der Waals surface area contributed by atoms with Gasteiger partial charge in [0.15, 0.2) is 0 Å². The zero-order valence-electron chi connectivity index (χ0n) is 7.87. The second-order valence-electron chi connectivity index (χ2n) is 2.98. The first kappa shape index (κ1) is 11.8. The molecule has 0 aliphatic heterocycles. The van der Waals surface area contributed by atoms with Crippen molar-refractivity contribution < 1.29 is 4.79 Å². The number of thioether (sulfide) groups is 1. The molecule has 0 saturated heterocycles. The smallest absolute Gasteiger partial charge is 0.230 e. The van der Waals surface area contributed by atoms with E-state index in [1.807, 2.05) is 6.92 Å². The first-order valence-electron chi connectivity index (χ1n) is 4.25. The van der Waals surface area contributed by atoms with E-state index in [0.29, 0.717) is 0 Å². The molecule has 1 amide bonds. The van der Waals surface area contributed by atoms with Crippen molar-refractivity contribution in [3.63, 3.8) is 0 Å². The van der Waals surface area contributed by atoms with Gasteiger partial charge in [-0.1, -0.05) is 12.1 Å². The van der Waals surface area contributed by atoms with Crippen LogP contribution in [0.3, 0.4) is 0 Å². The van der Waals surface area contributed by atoms with E-state index < -0.39 is 0 Å². The largest absolute Gasteiger partial charge is 0.369 e. The van der Waals surface area contributed by atoms with Gasteiger partial charge in [-0.05, 0) is 47.2 Å². The summed E-state index contributed by atoms with van der Waals surface area (Å²) in [6.45, 7) is 1.83. The summed E-state index contributed by atoms with van der Waals surface area (Å²) in [5.41, 5.74) is 6.39. The van der Waals surface area contributed by atoms with Crippen LogP contribution in [0, 0.1) is 3.57 Å². The van der Waals surface area contributed by atoms with E-state index in [1.54, 1.807) is 11.8 Å². The van der Waals surface area contributed by atoms with Gasteiger partial charge in [-0.3, -0.25) is 4.79 Å². The number of nitrogens with two attached hydrogens (primary N) is 1. The highest BCUT2D eigenvalue weighted by Gasteiger charge is 2.08. The summed E-state index contributed by atoms with van der Waals surface area (Å²) in [4.78, 5) is 10.8. The van der Waals surface area contributed by atoms with E-state index in [0.717, 1.165) is 5.75 Å². The Morgan fingerprint density at radius 3 is 2.57 bits per heavy atom. The minimum atomic E-state index is -0.250. The second kappa shape index (κ2) is 5.60. The van der Waals surface area contributed by atoms with E-state index >= 15 is 0 Å². The molecule has 1 atom stereocenters. The minimum absolute atomic E-state index is 0.116. The van der Waals surface area contributed by atoms with Crippen LogP contribution in [0.5, 0.6) is 0 Å². The van der Waals surface area contributed by atoms with Crippen LogP contribution in [0.15, 0.2) is 24.3 Å². The number of carbonyl (C=O) groups excluding carboxylic acids is 1. The lowest BCUT2D eigenvalue weighted by Crippen LogP contribution is -2.22. The molecule has 2 nitrogen and oxygen atoms in total. The van der Waals surface area contributed by atoms with Crippen LogP contribution in [-0.2, 0) is 10.5 Å². The summed E-state index contributed by atoms with van der Waals surface area (Å²) in [7, 11) is 0. The topological polar surface area (TPSA) is 43.1 Å². The molecule has 76 valence electrons. The molecule has 0 aliphatic carbocycles. The molecule has 0 radical (unpaired) electrons. The number of hydrogen-bond acceptors (Lipinski definition) is 2. The lowest BCUT2D eigenvalue weighted by Gasteiger charge is -2.06. The van der Waals surface area contributed by atoms with Crippen molar-refractivity contribution in [3.8, 4) is 0 Å². The zero-order chi connectivity index (χ0) is 10.6. The maximum absolute atomic E-state index is 10.8. The van der Waals surface area contributed by atoms with Gasteiger partial charge in [-0.2, -0.15) is 0 Å². The molecule has 0 spiro atoms. The summed E-state index contributed by atoms with van der Waals surface area (Å²) in [6.07, 6.45) is 0. The monoisotopic (exact) mass is 321 g/mol. The lowest BCUT2D eigenvalue weighted by atomic mass is 10.2.